The van der Waals surface area contributed by atoms with Crippen LogP contribution in [-0.2, 0) is 17.8 Å². The molecule has 1 atom stereocenters. The van der Waals surface area contributed by atoms with E-state index in [-0.39, 0.29) is 6.10 Å². The number of anilines is 1. The maximum Gasteiger partial charge on any atom is 0.191 e. The Kier molecular flexibility index (Phi) is 6.25. The molecule has 0 aliphatic carbocycles. The summed E-state index contributed by atoms with van der Waals surface area (Å²) in [6.07, 6.45) is 2.18. The van der Waals surface area contributed by atoms with Crippen molar-refractivity contribution in [2.45, 2.75) is 26.1 Å². The first-order valence-corrected chi connectivity index (χ1v) is 9.46. The van der Waals surface area contributed by atoms with E-state index in [1.165, 1.54) is 5.56 Å². The molecule has 3 heterocycles. The highest BCUT2D eigenvalue weighted by Gasteiger charge is 2.17. The van der Waals surface area contributed by atoms with E-state index in [0.29, 0.717) is 6.54 Å². The van der Waals surface area contributed by atoms with Gasteiger partial charge in [0.2, 0.25) is 0 Å². The van der Waals surface area contributed by atoms with Gasteiger partial charge in [-0.2, -0.15) is 11.3 Å². The first-order chi connectivity index (χ1) is 12.2. The van der Waals surface area contributed by atoms with Crippen LogP contribution >= 0.6 is 11.3 Å². The number of ether oxygens (including phenoxy) is 1. The van der Waals surface area contributed by atoms with Crippen molar-refractivity contribution in [3.05, 3.63) is 46.3 Å². The second-order valence-electron chi connectivity index (χ2n) is 6.06. The van der Waals surface area contributed by atoms with Crippen LogP contribution in [0.1, 0.15) is 18.1 Å². The molecule has 0 saturated carbocycles. The summed E-state index contributed by atoms with van der Waals surface area (Å²) in [4.78, 5) is 11.1. The third kappa shape index (κ3) is 5.17. The molecule has 2 aromatic heterocycles. The lowest BCUT2D eigenvalue weighted by atomic mass is 10.2. The number of rotatable bonds is 5. The lowest BCUT2D eigenvalue weighted by Gasteiger charge is -2.32. The molecule has 1 unspecified atom stereocenters. The van der Waals surface area contributed by atoms with Crippen molar-refractivity contribution in [2.75, 3.05) is 31.6 Å². The van der Waals surface area contributed by atoms with E-state index in [1.54, 1.807) is 18.4 Å². The highest BCUT2D eigenvalue weighted by Crippen LogP contribution is 2.15. The fourth-order valence-electron chi connectivity index (χ4n) is 2.72. The molecule has 6 nitrogen and oxygen atoms in total. The minimum atomic E-state index is 0.259. The number of thiophene rings is 1. The standard InChI is InChI=1S/C18H25N5OS/c1-14-12-23(6-7-24-14)17-4-3-15(9-20-17)10-21-18(19-2)22-11-16-5-8-25-13-16/h3-5,8-9,13-14H,6-7,10-12H2,1-2H3,(H2,19,21,22). The quantitative estimate of drug-likeness (QED) is 0.633. The van der Waals surface area contributed by atoms with Crippen molar-refractivity contribution in [1.82, 2.24) is 15.6 Å². The minimum Gasteiger partial charge on any atom is -0.375 e. The molecule has 1 fully saturated rings. The Bertz CT molecular complexity index is 671. The number of nitrogens with one attached hydrogen (secondary N) is 2. The van der Waals surface area contributed by atoms with Crippen LogP contribution in [0.5, 0.6) is 0 Å². The number of hydrogen-bond donors (Lipinski definition) is 2. The average molecular weight is 359 g/mol. The molecule has 2 N–H and O–H groups in total. The van der Waals surface area contributed by atoms with Gasteiger partial charge in [0.25, 0.3) is 0 Å². The summed E-state index contributed by atoms with van der Waals surface area (Å²) in [6.45, 7) is 6.11. The summed E-state index contributed by atoms with van der Waals surface area (Å²) < 4.78 is 5.58. The second-order valence-corrected chi connectivity index (χ2v) is 6.84. The van der Waals surface area contributed by atoms with Crippen LogP contribution in [0.3, 0.4) is 0 Å². The van der Waals surface area contributed by atoms with Crippen LogP contribution < -0.4 is 15.5 Å². The van der Waals surface area contributed by atoms with E-state index in [1.807, 2.05) is 6.20 Å². The van der Waals surface area contributed by atoms with Gasteiger partial charge in [0, 0.05) is 39.4 Å². The lowest BCUT2D eigenvalue weighted by molar-refractivity contribution is 0.0529. The fraction of sp³-hybridized carbons (Fsp3) is 0.444. The Morgan fingerprint density at radius 3 is 2.80 bits per heavy atom. The molecule has 1 aliphatic rings. The van der Waals surface area contributed by atoms with Crippen LogP contribution in [-0.4, -0.2) is 43.8 Å². The van der Waals surface area contributed by atoms with Crippen molar-refractivity contribution in [3.63, 3.8) is 0 Å². The predicted octanol–water partition coefficient (Wildman–Crippen LogP) is 2.23. The van der Waals surface area contributed by atoms with E-state index >= 15 is 0 Å². The number of aromatic nitrogens is 1. The highest BCUT2D eigenvalue weighted by atomic mass is 32.1. The molecule has 2 aromatic rings. The summed E-state index contributed by atoms with van der Waals surface area (Å²) in [7, 11) is 1.78. The van der Waals surface area contributed by atoms with E-state index in [9.17, 15) is 0 Å². The van der Waals surface area contributed by atoms with Gasteiger partial charge in [0.05, 0.1) is 12.7 Å². The maximum atomic E-state index is 5.58. The number of aliphatic imine (C=N–C) groups is 1. The maximum absolute atomic E-state index is 5.58. The molecule has 0 amide bonds. The van der Waals surface area contributed by atoms with Gasteiger partial charge in [-0.25, -0.2) is 4.98 Å². The SMILES string of the molecule is CN=C(NCc1ccc(N2CCOC(C)C2)nc1)NCc1ccsc1. The molecule has 134 valence electrons. The zero-order chi connectivity index (χ0) is 17.5. The summed E-state index contributed by atoms with van der Waals surface area (Å²) in [5.74, 6) is 1.80. The van der Waals surface area contributed by atoms with Gasteiger partial charge in [-0.15, -0.1) is 0 Å². The van der Waals surface area contributed by atoms with Crippen molar-refractivity contribution >= 4 is 23.1 Å². The lowest BCUT2D eigenvalue weighted by Crippen LogP contribution is -2.41. The zero-order valence-corrected chi connectivity index (χ0v) is 15.6. The summed E-state index contributed by atoms with van der Waals surface area (Å²) >= 11 is 1.70. The van der Waals surface area contributed by atoms with Gasteiger partial charge in [0.1, 0.15) is 5.82 Å². The van der Waals surface area contributed by atoms with Crippen molar-refractivity contribution < 1.29 is 4.74 Å². The third-order valence-corrected chi connectivity index (χ3v) is 4.83. The number of nitrogens with zero attached hydrogens (tertiary/aromatic N) is 3. The van der Waals surface area contributed by atoms with Gasteiger partial charge >= 0.3 is 0 Å². The van der Waals surface area contributed by atoms with E-state index in [2.05, 4.69) is 61.4 Å². The van der Waals surface area contributed by atoms with Gasteiger partial charge in [0.15, 0.2) is 5.96 Å². The Balaban J connectivity index is 1.49. The largest absolute Gasteiger partial charge is 0.375 e. The third-order valence-electron chi connectivity index (χ3n) is 4.10. The van der Waals surface area contributed by atoms with Crippen LogP contribution in [0, 0.1) is 0 Å². The molecule has 1 saturated heterocycles. The van der Waals surface area contributed by atoms with Gasteiger partial charge in [-0.05, 0) is 40.9 Å². The zero-order valence-electron chi connectivity index (χ0n) is 14.7. The topological polar surface area (TPSA) is 61.8 Å². The number of guanidine groups is 1. The Morgan fingerprint density at radius 2 is 2.16 bits per heavy atom. The first kappa shape index (κ1) is 17.7. The average Bonchev–Trinajstić information content (AvgIpc) is 3.16. The summed E-state index contributed by atoms with van der Waals surface area (Å²) in [5.41, 5.74) is 2.39. The smallest absolute Gasteiger partial charge is 0.191 e. The fourth-order valence-corrected chi connectivity index (χ4v) is 3.39. The van der Waals surface area contributed by atoms with Crippen molar-refractivity contribution in [2.24, 2.45) is 4.99 Å². The Morgan fingerprint density at radius 1 is 1.32 bits per heavy atom. The Labute approximate surface area is 152 Å². The van der Waals surface area contributed by atoms with E-state index in [0.717, 1.165) is 43.6 Å². The molecule has 0 radical (unpaired) electrons. The van der Waals surface area contributed by atoms with Crippen LogP contribution in [0.4, 0.5) is 5.82 Å². The van der Waals surface area contributed by atoms with Crippen LogP contribution in [0.15, 0.2) is 40.1 Å². The molecule has 3 rings (SSSR count). The molecular formula is C18H25N5OS. The van der Waals surface area contributed by atoms with Gasteiger partial charge < -0.3 is 20.3 Å². The highest BCUT2D eigenvalue weighted by molar-refractivity contribution is 7.07. The number of morpholine rings is 1. The van der Waals surface area contributed by atoms with Crippen molar-refractivity contribution in [1.29, 1.82) is 0 Å². The molecule has 7 heteroatoms. The molecule has 25 heavy (non-hydrogen) atoms. The van der Waals surface area contributed by atoms with Gasteiger partial charge in [-0.1, -0.05) is 6.07 Å². The molecule has 0 aromatic carbocycles. The Hall–Kier alpha value is -2.12. The number of pyridine rings is 1. The van der Waals surface area contributed by atoms with E-state index < -0.39 is 0 Å². The molecular weight excluding hydrogens is 334 g/mol. The molecule has 1 aliphatic heterocycles. The van der Waals surface area contributed by atoms with E-state index in [4.69, 9.17) is 4.74 Å². The molecule has 0 spiro atoms. The summed E-state index contributed by atoms with van der Waals surface area (Å²) in [5, 5.41) is 10.8. The minimum absolute atomic E-state index is 0.259. The van der Waals surface area contributed by atoms with Gasteiger partial charge in [-0.3, -0.25) is 4.99 Å². The second kappa shape index (κ2) is 8.82. The normalized spacial score (nSPS) is 18.2. The molecule has 0 bridgehead atoms. The predicted molar refractivity (Wildman–Crippen MR) is 103 cm³/mol. The van der Waals surface area contributed by atoms with Crippen LogP contribution in [0.2, 0.25) is 0 Å². The number of hydrogen-bond acceptors (Lipinski definition) is 5. The summed E-state index contributed by atoms with van der Waals surface area (Å²) in [6, 6.07) is 6.30. The monoisotopic (exact) mass is 359 g/mol. The van der Waals surface area contributed by atoms with Crippen LogP contribution in [0.25, 0.3) is 0 Å². The first-order valence-electron chi connectivity index (χ1n) is 8.51. The van der Waals surface area contributed by atoms with Crippen molar-refractivity contribution in [3.8, 4) is 0 Å².